The molecule has 1 amide bonds. The summed E-state index contributed by atoms with van der Waals surface area (Å²) in [6.45, 7) is 3.76. The van der Waals surface area contributed by atoms with E-state index < -0.39 is 28.5 Å². The van der Waals surface area contributed by atoms with E-state index in [-0.39, 0.29) is 24.6 Å². The van der Waals surface area contributed by atoms with Gasteiger partial charge < -0.3 is 10.1 Å². The number of carbonyl (C=O) groups excluding carboxylic acids is 2. The monoisotopic (exact) mass is 316 g/mol. The highest BCUT2D eigenvalue weighted by atomic mass is 32.1. The van der Waals surface area contributed by atoms with Gasteiger partial charge in [0.05, 0.1) is 11.5 Å². The number of thiol groups is 1. The van der Waals surface area contributed by atoms with Crippen molar-refractivity contribution in [3.8, 4) is 0 Å². The number of carbonyl (C=O) groups is 2. The minimum Gasteiger partial charge on any atom is -0.464 e. The van der Waals surface area contributed by atoms with Crippen LogP contribution in [-0.4, -0.2) is 45.0 Å². The molecule has 1 aromatic rings. The largest absolute Gasteiger partial charge is 0.464 e. The number of nitrogens with one attached hydrogen (secondary N) is 1. The minimum atomic E-state index is -0.986. The standard InChI is InChI=1S/C11H16N4O5S/c1-3-14-9(8(5-12-14)15(18)19)10(16)13-7(6-21)11(17)20-4-2/h5,7,21H,3-4,6H2,1-2H3,(H,13,16)/t7-/m0/s1. The van der Waals surface area contributed by atoms with E-state index in [1.807, 2.05) is 0 Å². The van der Waals surface area contributed by atoms with Crippen LogP contribution in [0.3, 0.4) is 0 Å². The number of hydrogen-bond donors (Lipinski definition) is 2. The Morgan fingerprint density at radius 3 is 2.71 bits per heavy atom. The second-order valence-electron chi connectivity index (χ2n) is 3.91. The third-order valence-electron chi connectivity index (χ3n) is 2.59. The van der Waals surface area contributed by atoms with E-state index >= 15 is 0 Å². The first-order valence-corrected chi connectivity index (χ1v) is 6.88. The molecule has 0 bridgehead atoms. The van der Waals surface area contributed by atoms with E-state index in [0.717, 1.165) is 6.20 Å². The quantitative estimate of drug-likeness (QED) is 0.325. The minimum absolute atomic E-state index is 0.0125. The maximum Gasteiger partial charge on any atom is 0.329 e. The molecular weight excluding hydrogens is 300 g/mol. The average Bonchev–Trinajstić information content (AvgIpc) is 2.88. The molecule has 0 saturated carbocycles. The van der Waals surface area contributed by atoms with Crippen LogP contribution in [0.15, 0.2) is 6.20 Å². The van der Waals surface area contributed by atoms with E-state index in [1.54, 1.807) is 13.8 Å². The summed E-state index contributed by atoms with van der Waals surface area (Å²) in [6, 6.07) is -0.986. The number of rotatable bonds is 7. The summed E-state index contributed by atoms with van der Waals surface area (Å²) in [7, 11) is 0. The molecule has 0 unspecified atom stereocenters. The molecule has 1 N–H and O–H groups in total. The third-order valence-corrected chi connectivity index (χ3v) is 2.96. The molecular formula is C11H16N4O5S. The molecule has 0 aliphatic carbocycles. The highest BCUT2D eigenvalue weighted by Crippen LogP contribution is 2.17. The number of hydrogen-bond acceptors (Lipinski definition) is 7. The van der Waals surface area contributed by atoms with Crippen molar-refractivity contribution in [3.05, 3.63) is 22.0 Å². The van der Waals surface area contributed by atoms with Gasteiger partial charge in [-0.15, -0.1) is 0 Å². The summed E-state index contributed by atoms with van der Waals surface area (Å²) >= 11 is 3.96. The Bertz CT molecular complexity index is 545. The van der Waals surface area contributed by atoms with Gasteiger partial charge in [0.15, 0.2) is 0 Å². The Morgan fingerprint density at radius 2 is 2.24 bits per heavy atom. The molecule has 1 rings (SSSR count). The molecule has 0 fully saturated rings. The Morgan fingerprint density at radius 1 is 1.57 bits per heavy atom. The predicted octanol–water partition coefficient (Wildman–Crippen LogP) is 0.402. The SMILES string of the molecule is CCOC(=O)[C@H](CS)NC(=O)c1c([N+](=O)[O-])cnn1CC. The lowest BCUT2D eigenvalue weighted by Gasteiger charge is -2.15. The number of nitro groups is 1. The number of aryl methyl sites for hydroxylation is 1. The first kappa shape index (κ1) is 17.0. The van der Waals surface area contributed by atoms with Gasteiger partial charge in [-0.2, -0.15) is 17.7 Å². The maximum atomic E-state index is 12.2. The van der Waals surface area contributed by atoms with Crippen LogP contribution in [0.1, 0.15) is 24.3 Å². The summed E-state index contributed by atoms with van der Waals surface area (Å²) in [4.78, 5) is 34.0. The normalized spacial score (nSPS) is 11.8. The number of amides is 1. The van der Waals surface area contributed by atoms with Gasteiger partial charge in [-0.05, 0) is 13.8 Å². The molecule has 0 aliphatic rings. The topological polar surface area (TPSA) is 116 Å². The van der Waals surface area contributed by atoms with Crippen LogP contribution < -0.4 is 5.32 Å². The molecule has 0 radical (unpaired) electrons. The molecule has 1 heterocycles. The smallest absolute Gasteiger partial charge is 0.329 e. The van der Waals surface area contributed by atoms with Crippen LogP contribution in [0.5, 0.6) is 0 Å². The molecule has 116 valence electrons. The number of esters is 1. The van der Waals surface area contributed by atoms with Gasteiger partial charge in [0, 0.05) is 12.3 Å². The van der Waals surface area contributed by atoms with E-state index in [2.05, 4.69) is 23.0 Å². The van der Waals surface area contributed by atoms with E-state index in [9.17, 15) is 19.7 Å². The zero-order valence-corrected chi connectivity index (χ0v) is 12.5. The summed E-state index contributed by atoms with van der Waals surface area (Å²) in [5, 5.41) is 17.1. The van der Waals surface area contributed by atoms with Crippen LogP contribution in [0.25, 0.3) is 0 Å². The fourth-order valence-electron chi connectivity index (χ4n) is 1.63. The lowest BCUT2D eigenvalue weighted by molar-refractivity contribution is -0.385. The van der Waals surface area contributed by atoms with Gasteiger partial charge >= 0.3 is 11.7 Å². The van der Waals surface area contributed by atoms with Crippen molar-refractivity contribution in [2.45, 2.75) is 26.4 Å². The summed E-state index contributed by atoms with van der Waals surface area (Å²) in [5.41, 5.74) is -0.630. The summed E-state index contributed by atoms with van der Waals surface area (Å²) in [6.07, 6.45) is 0.998. The van der Waals surface area contributed by atoms with Crippen LogP contribution in [-0.2, 0) is 16.1 Å². The van der Waals surface area contributed by atoms with Crippen LogP contribution in [0.4, 0.5) is 5.69 Å². The zero-order valence-electron chi connectivity index (χ0n) is 11.6. The number of aromatic nitrogens is 2. The first-order valence-electron chi connectivity index (χ1n) is 6.24. The van der Waals surface area contributed by atoms with Crippen molar-refractivity contribution >= 4 is 30.2 Å². The Hall–Kier alpha value is -2.10. The lowest BCUT2D eigenvalue weighted by atomic mass is 10.3. The van der Waals surface area contributed by atoms with Gasteiger partial charge in [-0.3, -0.25) is 19.6 Å². The molecule has 21 heavy (non-hydrogen) atoms. The lowest BCUT2D eigenvalue weighted by Crippen LogP contribution is -2.44. The van der Waals surface area contributed by atoms with Crippen LogP contribution in [0.2, 0.25) is 0 Å². The fourth-order valence-corrected chi connectivity index (χ4v) is 1.87. The van der Waals surface area contributed by atoms with Gasteiger partial charge in [0.25, 0.3) is 5.91 Å². The Balaban J connectivity index is 3.00. The Kier molecular flexibility index (Phi) is 6.15. The molecule has 1 atom stereocenters. The fraction of sp³-hybridized carbons (Fsp3) is 0.545. The summed E-state index contributed by atoms with van der Waals surface area (Å²) < 4.78 is 5.98. The Labute approximate surface area is 126 Å². The summed E-state index contributed by atoms with van der Waals surface area (Å²) in [5.74, 6) is -1.40. The van der Waals surface area contributed by atoms with E-state index in [0.29, 0.717) is 0 Å². The van der Waals surface area contributed by atoms with E-state index in [1.165, 1.54) is 4.68 Å². The average molecular weight is 316 g/mol. The second kappa shape index (κ2) is 7.62. The highest BCUT2D eigenvalue weighted by Gasteiger charge is 2.29. The van der Waals surface area contributed by atoms with Crippen LogP contribution >= 0.6 is 12.6 Å². The second-order valence-corrected chi connectivity index (χ2v) is 4.28. The van der Waals surface area contributed by atoms with Gasteiger partial charge in [-0.1, -0.05) is 0 Å². The molecule has 0 aliphatic heterocycles. The number of nitrogens with zero attached hydrogens (tertiary/aromatic N) is 3. The molecule has 10 heteroatoms. The predicted molar refractivity (Wildman–Crippen MR) is 76.3 cm³/mol. The molecule has 0 spiro atoms. The number of ether oxygens (including phenoxy) is 1. The van der Waals surface area contributed by atoms with Gasteiger partial charge in [-0.25, -0.2) is 4.79 Å². The van der Waals surface area contributed by atoms with Gasteiger partial charge in [0.1, 0.15) is 12.2 Å². The zero-order chi connectivity index (χ0) is 16.0. The van der Waals surface area contributed by atoms with Crippen molar-refractivity contribution in [2.24, 2.45) is 0 Å². The van der Waals surface area contributed by atoms with Crippen LogP contribution in [0, 0.1) is 10.1 Å². The van der Waals surface area contributed by atoms with Crippen molar-refractivity contribution in [3.63, 3.8) is 0 Å². The molecule has 0 aromatic carbocycles. The third kappa shape index (κ3) is 3.94. The maximum absolute atomic E-state index is 12.2. The van der Waals surface area contributed by atoms with Crippen molar-refractivity contribution in [1.82, 2.24) is 15.1 Å². The van der Waals surface area contributed by atoms with Gasteiger partial charge in [0.2, 0.25) is 5.69 Å². The molecule has 9 nitrogen and oxygen atoms in total. The van der Waals surface area contributed by atoms with Crippen molar-refractivity contribution in [2.75, 3.05) is 12.4 Å². The van der Waals surface area contributed by atoms with Crippen molar-refractivity contribution in [1.29, 1.82) is 0 Å². The van der Waals surface area contributed by atoms with Crippen molar-refractivity contribution < 1.29 is 19.2 Å². The highest BCUT2D eigenvalue weighted by molar-refractivity contribution is 7.80. The molecule has 1 aromatic heterocycles. The van der Waals surface area contributed by atoms with E-state index in [4.69, 9.17) is 4.74 Å². The molecule has 0 saturated heterocycles. The first-order chi connectivity index (χ1) is 9.96.